The molecule has 0 spiro atoms. The summed E-state index contributed by atoms with van der Waals surface area (Å²) in [6.45, 7) is 1.21. The van der Waals surface area contributed by atoms with Crippen LogP contribution in [0.2, 0.25) is 0 Å². The minimum atomic E-state index is -0.137. The number of urea groups is 1. The Morgan fingerprint density at radius 3 is 2.67 bits per heavy atom. The maximum Gasteiger partial charge on any atom is 0.327 e. The number of carbonyl (C=O) groups is 2. The molecule has 15 heavy (non-hydrogen) atoms. The summed E-state index contributed by atoms with van der Waals surface area (Å²) in [4.78, 5) is 26.4. The number of rotatable bonds is 4. The smallest absolute Gasteiger partial charge is 0.327 e. The van der Waals surface area contributed by atoms with Gasteiger partial charge in [-0.3, -0.25) is 9.69 Å². The lowest BCUT2D eigenvalue weighted by Crippen LogP contribution is -2.45. The van der Waals surface area contributed by atoms with E-state index < -0.39 is 0 Å². The fraction of sp³-hybridized carbons (Fsp3) is 0.800. The van der Waals surface area contributed by atoms with Crippen LogP contribution in [-0.2, 0) is 9.53 Å². The van der Waals surface area contributed by atoms with Crippen LogP contribution in [0.4, 0.5) is 4.79 Å². The first-order valence-electron chi connectivity index (χ1n) is 5.34. The molecule has 5 nitrogen and oxygen atoms in total. The normalized spacial score (nSPS) is 22.5. The second kappa shape index (κ2) is 4.18. The van der Waals surface area contributed by atoms with Gasteiger partial charge in [-0.25, -0.2) is 4.79 Å². The van der Waals surface area contributed by atoms with Crippen molar-refractivity contribution in [2.45, 2.75) is 25.3 Å². The van der Waals surface area contributed by atoms with E-state index in [2.05, 4.69) is 0 Å². The number of carbonyl (C=O) groups excluding carboxylic acids is 2. The predicted octanol–water partition coefficient (Wildman–Crippen LogP) is 0.449. The molecule has 0 aromatic heterocycles. The van der Waals surface area contributed by atoms with Crippen LogP contribution in [0.5, 0.6) is 0 Å². The molecule has 2 rings (SSSR count). The molecule has 2 aliphatic rings. The van der Waals surface area contributed by atoms with Gasteiger partial charge in [-0.05, 0) is 19.3 Å². The number of methoxy groups -OCH3 is 1. The summed E-state index contributed by atoms with van der Waals surface area (Å²) in [6, 6.07) is 0.0271. The van der Waals surface area contributed by atoms with E-state index in [9.17, 15) is 9.59 Å². The maximum absolute atomic E-state index is 11.8. The van der Waals surface area contributed by atoms with Crippen LogP contribution in [-0.4, -0.2) is 54.6 Å². The Morgan fingerprint density at radius 2 is 2.13 bits per heavy atom. The largest absolute Gasteiger partial charge is 0.383 e. The molecular formula is C10H16N2O3. The van der Waals surface area contributed by atoms with E-state index >= 15 is 0 Å². The summed E-state index contributed by atoms with van der Waals surface area (Å²) in [7, 11) is 1.59. The minimum absolute atomic E-state index is 0.0548. The van der Waals surface area contributed by atoms with E-state index in [-0.39, 0.29) is 24.5 Å². The van der Waals surface area contributed by atoms with Crippen LogP contribution in [0, 0.1) is 0 Å². The fourth-order valence-corrected chi connectivity index (χ4v) is 1.95. The van der Waals surface area contributed by atoms with Gasteiger partial charge in [-0.15, -0.1) is 0 Å². The molecule has 84 valence electrons. The van der Waals surface area contributed by atoms with Crippen LogP contribution in [0.3, 0.4) is 0 Å². The van der Waals surface area contributed by atoms with E-state index in [4.69, 9.17) is 4.74 Å². The van der Waals surface area contributed by atoms with Gasteiger partial charge in [0.2, 0.25) is 0 Å². The lowest BCUT2D eigenvalue weighted by Gasteiger charge is -2.32. The molecule has 1 aliphatic heterocycles. The molecule has 0 bridgehead atoms. The van der Waals surface area contributed by atoms with Crippen molar-refractivity contribution in [3.05, 3.63) is 0 Å². The first-order chi connectivity index (χ1) is 7.24. The minimum Gasteiger partial charge on any atom is -0.383 e. The Balaban J connectivity index is 1.96. The van der Waals surface area contributed by atoms with Crippen LogP contribution in [0.15, 0.2) is 0 Å². The van der Waals surface area contributed by atoms with Gasteiger partial charge >= 0.3 is 6.03 Å². The molecule has 0 unspecified atom stereocenters. The van der Waals surface area contributed by atoms with Crippen LogP contribution in [0.1, 0.15) is 19.3 Å². The summed E-state index contributed by atoms with van der Waals surface area (Å²) in [6.07, 6.45) is 3.06. The second-order valence-electron chi connectivity index (χ2n) is 4.05. The molecule has 0 atom stereocenters. The lowest BCUT2D eigenvalue weighted by molar-refractivity contribution is -0.127. The van der Waals surface area contributed by atoms with E-state index in [0.717, 1.165) is 19.3 Å². The molecule has 2 fully saturated rings. The first-order valence-corrected chi connectivity index (χ1v) is 5.34. The number of ether oxygens (including phenoxy) is 1. The highest BCUT2D eigenvalue weighted by Crippen LogP contribution is 2.28. The molecule has 5 heteroatoms. The highest BCUT2D eigenvalue weighted by molar-refractivity contribution is 6.02. The van der Waals surface area contributed by atoms with E-state index in [0.29, 0.717) is 13.2 Å². The number of amides is 3. The van der Waals surface area contributed by atoms with E-state index in [1.165, 1.54) is 4.90 Å². The average molecular weight is 212 g/mol. The SMILES string of the molecule is COCCN1CC(=O)N(C2CCC2)C1=O. The van der Waals surface area contributed by atoms with Gasteiger partial charge < -0.3 is 9.64 Å². The van der Waals surface area contributed by atoms with Crippen LogP contribution < -0.4 is 0 Å². The Labute approximate surface area is 89.0 Å². The Kier molecular flexibility index (Phi) is 2.90. The van der Waals surface area contributed by atoms with Gasteiger partial charge in [0.1, 0.15) is 6.54 Å². The maximum atomic E-state index is 11.8. The van der Waals surface area contributed by atoms with Crippen LogP contribution >= 0.6 is 0 Å². The average Bonchev–Trinajstić information content (AvgIpc) is 2.40. The lowest BCUT2D eigenvalue weighted by atomic mass is 9.92. The molecule has 3 amide bonds. The highest BCUT2D eigenvalue weighted by Gasteiger charge is 2.41. The second-order valence-corrected chi connectivity index (χ2v) is 4.05. The highest BCUT2D eigenvalue weighted by atomic mass is 16.5. The van der Waals surface area contributed by atoms with Crippen molar-refractivity contribution in [1.82, 2.24) is 9.80 Å². The quantitative estimate of drug-likeness (QED) is 0.636. The van der Waals surface area contributed by atoms with Gasteiger partial charge in [0.15, 0.2) is 0 Å². The third-order valence-corrected chi connectivity index (χ3v) is 3.08. The molecule has 1 heterocycles. The summed E-state index contributed by atoms with van der Waals surface area (Å²) < 4.78 is 4.90. The Hall–Kier alpha value is -1.10. The fourth-order valence-electron chi connectivity index (χ4n) is 1.95. The van der Waals surface area contributed by atoms with Crippen molar-refractivity contribution in [1.29, 1.82) is 0 Å². The number of hydrogen-bond donors (Lipinski definition) is 0. The molecular weight excluding hydrogens is 196 g/mol. The Morgan fingerprint density at radius 1 is 1.40 bits per heavy atom. The zero-order chi connectivity index (χ0) is 10.8. The number of hydrogen-bond acceptors (Lipinski definition) is 3. The van der Waals surface area contributed by atoms with Gasteiger partial charge in [0.05, 0.1) is 6.61 Å². The first kappa shape index (κ1) is 10.4. The van der Waals surface area contributed by atoms with Crippen molar-refractivity contribution in [3.63, 3.8) is 0 Å². The number of imide groups is 1. The molecule has 0 radical (unpaired) electrons. The topological polar surface area (TPSA) is 49.9 Å². The third kappa shape index (κ3) is 1.84. The van der Waals surface area contributed by atoms with Crippen molar-refractivity contribution in [2.75, 3.05) is 26.8 Å². The Bertz CT molecular complexity index is 276. The summed E-state index contributed by atoms with van der Waals surface area (Å²) >= 11 is 0. The molecule has 1 aliphatic carbocycles. The monoisotopic (exact) mass is 212 g/mol. The van der Waals surface area contributed by atoms with Gasteiger partial charge in [0.25, 0.3) is 5.91 Å². The van der Waals surface area contributed by atoms with Crippen molar-refractivity contribution < 1.29 is 14.3 Å². The summed E-state index contributed by atoms with van der Waals surface area (Å²) in [5.41, 5.74) is 0. The zero-order valence-electron chi connectivity index (χ0n) is 8.94. The van der Waals surface area contributed by atoms with Crippen molar-refractivity contribution >= 4 is 11.9 Å². The predicted molar refractivity (Wildman–Crippen MR) is 53.3 cm³/mol. The van der Waals surface area contributed by atoms with E-state index in [1.807, 2.05) is 0 Å². The zero-order valence-corrected chi connectivity index (χ0v) is 8.94. The molecule has 1 saturated heterocycles. The van der Waals surface area contributed by atoms with Gasteiger partial charge in [-0.1, -0.05) is 0 Å². The van der Waals surface area contributed by atoms with E-state index in [1.54, 1.807) is 12.0 Å². The summed E-state index contributed by atoms with van der Waals surface area (Å²) in [5.74, 6) is -0.0548. The molecule has 1 saturated carbocycles. The van der Waals surface area contributed by atoms with Gasteiger partial charge in [0, 0.05) is 19.7 Å². The third-order valence-electron chi connectivity index (χ3n) is 3.08. The van der Waals surface area contributed by atoms with Crippen molar-refractivity contribution in [2.24, 2.45) is 0 Å². The molecule has 0 aromatic rings. The number of nitrogens with zero attached hydrogens (tertiary/aromatic N) is 2. The molecule has 0 aromatic carbocycles. The van der Waals surface area contributed by atoms with Gasteiger partial charge in [-0.2, -0.15) is 0 Å². The summed E-state index contributed by atoms with van der Waals surface area (Å²) in [5, 5.41) is 0. The standard InChI is InChI=1S/C10H16N2O3/c1-15-6-5-11-7-9(13)12(10(11)14)8-3-2-4-8/h8H,2-7H2,1H3. The van der Waals surface area contributed by atoms with Crippen molar-refractivity contribution in [3.8, 4) is 0 Å². The van der Waals surface area contributed by atoms with Crippen LogP contribution in [0.25, 0.3) is 0 Å². The molecule has 0 N–H and O–H groups in total.